The van der Waals surface area contributed by atoms with E-state index in [0.29, 0.717) is 35.1 Å². The van der Waals surface area contributed by atoms with Gasteiger partial charge in [0, 0.05) is 36.8 Å². The molecule has 5 heterocycles. The SMILES string of the molecule is COc1cc2ccc1CNC(=O)CCc1ccc(c(OC)c1)OCC(=O)N[C@@H]1CN(C(=O)CNc3ccc(F)cc3)C[C@H]1O2. The van der Waals surface area contributed by atoms with Crippen LogP contribution in [0.2, 0.25) is 0 Å². The van der Waals surface area contributed by atoms with Gasteiger partial charge in [-0.25, -0.2) is 4.39 Å². The first kappa shape index (κ1) is 30.5. The maximum atomic E-state index is 13.3. The summed E-state index contributed by atoms with van der Waals surface area (Å²) >= 11 is 0. The van der Waals surface area contributed by atoms with Crippen molar-refractivity contribution in [3.8, 4) is 23.0 Å². The molecule has 3 N–H and O–H groups in total. The van der Waals surface area contributed by atoms with Crippen molar-refractivity contribution in [1.82, 2.24) is 15.5 Å². The van der Waals surface area contributed by atoms with Gasteiger partial charge in [0.2, 0.25) is 11.8 Å². The number of hydrogen-bond acceptors (Lipinski definition) is 8. The molecule has 0 aliphatic carbocycles. The average Bonchev–Trinajstić information content (AvgIpc) is 3.42. The highest BCUT2D eigenvalue weighted by Crippen LogP contribution is 2.30. The van der Waals surface area contributed by atoms with Crippen molar-refractivity contribution in [3.63, 3.8) is 0 Å². The molecule has 1 saturated heterocycles. The summed E-state index contributed by atoms with van der Waals surface area (Å²) in [5, 5.41) is 8.89. The highest BCUT2D eigenvalue weighted by atomic mass is 19.1. The monoisotopic (exact) mass is 606 g/mol. The first-order valence-electron chi connectivity index (χ1n) is 14.3. The van der Waals surface area contributed by atoms with Crippen molar-refractivity contribution in [2.24, 2.45) is 0 Å². The fourth-order valence-corrected chi connectivity index (χ4v) is 5.13. The molecular weight excluding hydrogens is 571 g/mol. The van der Waals surface area contributed by atoms with Crippen LogP contribution in [0.25, 0.3) is 0 Å². The molecule has 232 valence electrons. The lowest BCUT2D eigenvalue weighted by Gasteiger charge is -2.22. The number of carbonyl (C=O) groups excluding carboxylic acids is 3. The van der Waals surface area contributed by atoms with E-state index in [-0.39, 0.29) is 56.8 Å². The molecule has 11 nitrogen and oxygen atoms in total. The Morgan fingerprint density at radius 2 is 1.77 bits per heavy atom. The molecule has 2 atom stereocenters. The Labute approximate surface area is 254 Å². The van der Waals surface area contributed by atoms with Gasteiger partial charge in [0.05, 0.1) is 33.4 Å². The number of ether oxygens (including phenoxy) is 4. The Bertz CT molecular complexity index is 1500. The maximum Gasteiger partial charge on any atom is 0.258 e. The van der Waals surface area contributed by atoms with E-state index in [4.69, 9.17) is 18.9 Å². The lowest BCUT2D eigenvalue weighted by Crippen LogP contribution is -2.47. The zero-order chi connectivity index (χ0) is 31.1. The number of amides is 3. The third-order valence-corrected chi connectivity index (χ3v) is 7.50. The van der Waals surface area contributed by atoms with Crippen molar-refractivity contribution in [2.75, 3.05) is 45.8 Å². The highest BCUT2D eigenvalue weighted by Gasteiger charge is 2.38. The quantitative estimate of drug-likeness (QED) is 0.405. The average molecular weight is 607 g/mol. The third-order valence-electron chi connectivity index (χ3n) is 7.50. The second-order valence-electron chi connectivity index (χ2n) is 10.5. The van der Waals surface area contributed by atoms with Crippen LogP contribution in [0.3, 0.4) is 0 Å². The number of nitrogens with zero attached hydrogens (tertiary/aromatic N) is 1. The minimum absolute atomic E-state index is 0.0217. The van der Waals surface area contributed by atoms with E-state index in [9.17, 15) is 18.8 Å². The Morgan fingerprint density at radius 1 is 0.977 bits per heavy atom. The topological polar surface area (TPSA) is 127 Å². The first-order chi connectivity index (χ1) is 21.3. The smallest absolute Gasteiger partial charge is 0.258 e. The van der Waals surface area contributed by atoms with E-state index in [1.165, 1.54) is 26.4 Å². The number of methoxy groups -OCH3 is 2. The van der Waals surface area contributed by atoms with Crippen molar-refractivity contribution in [3.05, 3.63) is 77.6 Å². The van der Waals surface area contributed by atoms with Gasteiger partial charge >= 0.3 is 0 Å². The van der Waals surface area contributed by atoms with Gasteiger partial charge < -0.3 is 39.8 Å². The van der Waals surface area contributed by atoms with Crippen LogP contribution in [0.15, 0.2) is 60.7 Å². The number of nitrogens with one attached hydrogen (secondary N) is 3. The van der Waals surface area contributed by atoms with Gasteiger partial charge in [0.25, 0.3) is 5.91 Å². The normalized spacial score (nSPS) is 18.8. The molecule has 3 aromatic carbocycles. The lowest BCUT2D eigenvalue weighted by molar-refractivity contribution is -0.129. The maximum absolute atomic E-state index is 13.3. The summed E-state index contributed by atoms with van der Waals surface area (Å²) in [5.74, 6) is 0.748. The Morgan fingerprint density at radius 3 is 2.55 bits per heavy atom. The van der Waals surface area contributed by atoms with Gasteiger partial charge in [-0.15, -0.1) is 0 Å². The molecule has 1 fully saturated rings. The largest absolute Gasteiger partial charge is 0.496 e. The zero-order valence-electron chi connectivity index (χ0n) is 24.6. The molecule has 4 bridgehead atoms. The highest BCUT2D eigenvalue weighted by molar-refractivity contribution is 5.82. The second kappa shape index (κ2) is 14.0. The minimum atomic E-state index is -0.580. The molecule has 3 amide bonds. The van der Waals surface area contributed by atoms with E-state index in [2.05, 4.69) is 16.0 Å². The fraction of sp³-hybridized carbons (Fsp3) is 0.344. The number of hydrogen-bond donors (Lipinski definition) is 3. The first-order valence-corrected chi connectivity index (χ1v) is 14.3. The second-order valence-corrected chi connectivity index (χ2v) is 10.5. The number of carbonyl (C=O) groups is 3. The van der Waals surface area contributed by atoms with E-state index in [1.54, 1.807) is 41.3 Å². The van der Waals surface area contributed by atoms with Crippen molar-refractivity contribution < 1.29 is 37.7 Å². The summed E-state index contributed by atoms with van der Waals surface area (Å²) in [5.41, 5.74) is 2.26. The zero-order valence-corrected chi connectivity index (χ0v) is 24.6. The van der Waals surface area contributed by atoms with E-state index in [1.807, 2.05) is 12.1 Å². The van der Waals surface area contributed by atoms with Crippen LogP contribution in [0.4, 0.5) is 10.1 Å². The summed E-state index contributed by atoms with van der Waals surface area (Å²) in [6.07, 6.45) is 0.181. The Hall–Kier alpha value is -5.00. The van der Waals surface area contributed by atoms with Crippen LogP contribution >= 0.6 is 0 Å². The van der Waals surface area contributed by atoms with Gasteiger partial charge in [-0.3, -0.25) is 14.4 Å². The van der Waals surface area contributed by atoms with Crippen molar-refractivity contribution >= 4 is 23.4 Å². The van der Waals surface area contributed by atoms with Crippen LogP contribution in [-0.4, -0.2) is 75.2 Å². The van der Waals surface area contributed by atoms with Gasteiger partial charge in [-0.2, -0.15) is 0 Å². The van der Waals surface area contributed by atoms with Gasteiger partial charge in [0.15, 0.2) is 18.1 Å². The summed E-state index contributed by atoms with van der Waals surface area (Å²) < 4.78 is 36.4. The standard InChI is InChI=1S/C32H35FN4O7/c1-41-27-14-24-10-5-21(27)15-35-30(38)12-4-20-3-11-26(28(13-20)42-2)43-19-31(39)36-25-17-37(18-29(25)44-24)32(40)16-34-23-8-6-22(33)7-9-23/h3,5-11,13-14,25,29,34H,4,12,15-19H2,1-2H3,(H,35,38)(H,36,39)/t25-,29-/m1/s1. The summed E-state index contributed by atoms with van der Waals surface area (Å²) in [6, 6.07) is 15.8. The number of aryl methyl sites for hydroxylation is 1. The van der Waals surface area contributed by atoms with Gasteiger partial charge in [-0.1, -0.05) is 6.07 Å². The summed E-state index contributed by atoms with van der Waals surface area (Å²) in [4.78, 5) is 40.4. The predicted octanol–water partition coefficient (Wildman–Crippen LogP) is 2.67. The van der Waals surface area contributed by atoms with E-state index < -0.39 is 18.1 Å². The molecule has 5 aliphatic rings. The Balaban J connectivity index is 1.36. The van der Waals surface area contributed by atoms with E-state index >= 15 is 0 Å². The molecule has 0 radical (unpaired) electrons. The molecule has 44 heavy (non-hydrogen) atoms. The molecular formula is C32H35FN4O7. The molecule has 0 saturated carbocycles. The minimum Gasteiger partial charge on any atom is -0.496 e. The number of likely N-dealkylation sites (tertiary alicyclic amines) is 1. The van der Waals surface area contributed by atoms with Crippen LogP contribution in [-0.2, 0) is 27.3 Å². The molecule has 12 heteroatoms. The molecule has 0 aromatic heterocycles. The molecule has 0 unspecified atom stereocenters. The third kappa shape index (κ3) is 7.68. The van der Waals surface area contributed by atoms with E-state index in [0.717, 1.165) is 11.1 Å². The number of benzene rings is 3. The van der Waals surface area contributed by atoms with Crippen LogP contribution in [0, 0.1) is 5.82 Å². The fourth-order valence-electron chi connectivity index (χ4n) is 5.13. The lowest BCUT2D eigenvalue weighted by atomic mass is 10.1. The number of anilines is 1. The van der Waals surface area contributed by atoms with Crippen LogP contribution < -0.4 is 34.9 Å². The van der Waals surface area contributed by atoms with Crippen molar-refractivity contribution in [1.29, 1.82) is 0 Å². The van der Waals surface area contributed by atoms with Crippen molar-refractivity contribution in [2.45, 2.75) is 31.5 Å². The van der Waals surface area contributed by atoms with Crippen LogP contribution in [0.1, 0.15) is 17.5 Å². The summed E-state index contributed by atoms with van der Waals surface area (Å²) in [7, 11) is 3.04. The molecule has 3 aromatic rings. The number of rotatable bonds is 5. The predicted molar refractivity (Wildman–Crippen MR) is 159 cm³/mol. The molecule has 8 rings (SSSR count). The van der Waals surface area contributed by atoms with Gasteiger partial charge in [-0.05, 0) is 60.5 Å². The Kier molecular flexibility index (Phi) is 9.68. The molecule has 5 aliphatic heterocycles. The van der Waals surface area contributed by atoms with Crippen LogP contribution in [0.5, 0.6) is 23.0 Å². The number of halogens is 1. The van der Waals surface area contributed by atoms with Gasteiger partial charge in [0.1, 0.15) is 23.4 Å². The summed E-state index contributed by atoms with van der Waals surface area (Å²) in [6.45, 7) is 0.380. The molecule has 0 spiro atoms.